The Morgan fingerprint density at radius 3 is 3.00 bits per heavy atom. The van der Waals surface area contributed by atoms with E-state index in [9.17, 15) is 10.1 Å². The number of nitro groups is 1. The molecule has 1 aromatic heterocycles. The van der Waals surface area contributed by atoms with E-state index in [0.29, 0.717) is 18.2 Å². The molecule has 21 heavy (non-hydrogen) atoms. The van der Waals surface area contributed by atoms with Crippen molar-refractivity contribution < 1.29 is 4.92 Å². The third-order valence-corrected chi connectivity index (χ3v) is 4.41. The van der Waals surface area contributed by atoms with Crippen molar-refractivity contribution in [2.24, 2.45) is 11.7 Å². The summed E-state index contributed by atoms with van der Waals surface area (Å²) in [5.41, 5.74) is 7.20. The number of nitrogens with two attached hydrogens (primary N) is 1. The fourth-order valence-electron chi connectivity index (χ4n) is 2.83. The number of benzene rings is 1. The third kappa shape index (κ3) is 2.58. The topological polar surface area (TPSA) is 85.3 Å². The Hall–Kier alpha value is -1.73. The maximum Gasteiger partial charge on any atom is 0.311 e. The summed E-state index contributed by atoms with van der Waals surface area (Å²) in [7, 11) is 0. The molecule has 110 valence electrons. The number of hydrogen-bond donors (Lipinski definition) is 1. The number of rotatable bonds is 3. The first kappa shape index (κ1) is 14.2. The maximum atomic E-state index is 11.4. The van der Waals surface area contributed by atoms with Crippen LogP contribution in [-0.4, -0.2) is 29.5 Å². The summed E-state index contributed by atoms with van der Waals surface area (Å²) in [5.74, 6) is 0.389. The number of nitrogens with zero attached hydrogens (tertiary/aromatic N) is 3. The lowest BCUT2D eigenvalue weighted by atomic mass is 10.1. The zero-order valence-corrected chi connectivity index (χ0v) is 12.9. The lowest BCUT2D eigenvalue weighted by Gasteiger charge is -2.20. The van der Waals surface area contributed by atoms with Crippen LogP contribution >= 0.6 is 15.9 Å². The molecule has 1 aliphatic rings. The summed E-state index contributed by atoms with van der Waals surface area (Å²) in [5, 5.41) is 12.2. The van der Waals surface area contributed by atoms with E-state index in [0.717, 1.165) is 34.9 Å². The first-order chi connectivity index (χ1) is 10.1. The predicted octanol–water partition coefficient (Wildman–Crippen LogP) is 2.69. The van der Waals surface area contributed by atoms with Crippen molar-refractivity contribution in [3.8, 4) is 0 Å². The summed E-state index contributed by atoms with van der Waals surface area (Å²) in [6, 6.07) is 5.64. The second kappa shape index (κ2) is 5.57. The molecule has 2 heterocycles. The minimum absolute atomic E-state index is 0.0540. The van der Waals surface area contributed by atoms with Gasteiger partial charge < -0.3 is 10.6 Å². The number of aromatic nitrogens is 1. The van der Waals surface area contributed by atoms with Crippen molar-refractivity contribution in [2.75, 3.05) is 24.5 Å². The number of pyridine rings is 1. The van der Waals surface area contributed by atoms with Crippen molar-refractivity contribution in [3.63, 3.8) is 0 Å². The molecule has 0 amide bonds. The van der Waals surface area contributed by atoms with Crippen molar-refractivity contribution in [1.82, 2.24) is 4.98 Å². The molecule has 1 aromatic carbocycles. The van der Waals surface area contributed by atoms with Crippen LogP contribution in [-0.2, 0) is 0 Å². The molecule has 1 fully saturated rings. The van der Waals surface area contributed by atoms with Crippen molar-refractivity contribution in [2.45, 2.75) is 6.42 Å². The smallest absolute Gasteiger partial charge is 0.311 e. The normalized spacial score (nSPS) is 18.4. The Labute approximate surface area is 130 Å². The van der Waals surface area contributed by atoms with E-state index in [1.807, 2.05) is 18.2 Å². The average molecular weight is 351 g/mol. The standard InChI is InChI=1S/C14H15BrN4O2/c15-10-1-2-12-11(5-10)14(13(7-17-12)19(20)21)18-4-3-9(6-16)8-18/h1-2,5,7,9H,3-4,6,8,16H2. The summed E-state index contributed by atoms with van der Waals surface area (Å²) < 4.78 is 0.883. The molecule has 0 bridgehead atoms. The molecule has 0 radical (unpaired) electrons. The van der Waals surface area contributed by atoms with E-state index in [-0.39, 0.29) is 10.6 Å². The predicted molar refractivity (Wildman–Crippen MR) is 85.5 cm³/mol. The average Bonchev–Trinajstić information content (AvgIpc) is 2.94. The minimum atomic E-state index is -0.363. The minimum Gasteiger partial charge on any atom is -0.365 e. The first-order valence-electron chi connectivity index (χ1n) is 6.78. The second-order valence-electron chi connectivity index (χ2n) is 5.25. The van der Waals surface area contributed by atoms with Crippen LogP contribution < -0.4 is 10.6 Å². The molecule has 0 aliphatic carbocycles. The van der Waals surface area contributed by atoms with E-state index in [2.05, 4.69) is 25.8 Å². The summed E-state index contributed by atoms with van der Waals surface area (Å²) in [6.45, 7) is 2.15. The summed E-state index contributed by atoms with van der Waals surface area (Å²) >= 11 is 3.43. The van der Waals surface area contributed by atoms with Crippen molar-refractivity contribution >= 4 is 38.2 Å². The molecule has 7 heteroatoms. The zero-order valence-electron chi connectivity index (χ0n) is 11.3. The van der Waals surface area contributed by atoms with E-state index >= 15 is 0 Å². The summed E-state index contributed by atoms with van der Waals surface area (Å²) in [4.78, 5) is 17.3. The molecule has 0 saturated carbocycles. The number of fused-ring (bicyclic) bond motifs is 1. The molecule has 1 atom stereocenters. The number of halogens is 1. The van der Waals surface area contributed by atoms with Crippen LogP contribution in [0.3, 0.4) is 0 Å². The van der Waals surface area contributed by atoms with Gasteiger partial charge in [-0.05, 0) is 37.1 Å². The molecule has 2 aromatic rings. The largest absolute Gasteiger partial charge is 0.365 e. The van der Waals surface area contributed by atoms with Gasteiger partial charge in [0.25, 0.3) is 0 Å². The van der Waals surface area contributed by atoms with Gasteiger partial charge in [-0.25, -0.2) is 4.98 Å². The first-order valence-corrected chi connectivity index (χ1v) is 7.57. The van der Waals surface area contributed by atoms with Crippen LogP contribution in [0.15, 0.2) is 28.9 Å². The van der Waals surface area contributed by atoms with Gasteiger partial charge in [0.2, 0.25) is 0 Å². The van der Waals surface area contributed by atoms with Gasteiger partial charge in [0.1, 0.15) is 11.9 Å². The van der Waals surface area contributed by atoms with E-state index in [1.54, 1.807) is 0 Å². The lowest BCUT2D eigenvalue weighted by Crippen LogP contribution is -2.23. The molecular weight excluding hydrogens is 336 g/mol. The fraction of sp³-hybridized carbons (Fsp3) is 0.357. The maximum absolute atomic E-state index is 11.4. The Morgan fingerprint density at radius 1 is 1.52 bits per heavy atom. The zero-order chi connectivity index (χ0) is 15.0. The van der Waals surface area contributed by atoms with Gasteiger partial charge in [-0.15, -0.1) is 0 Å². The van der Waals surface area contributed by atoms with Crippen LogP contribution in [0.4, 0.5) is 11.4 Å². The van der Waals surface area contributed by atoms with Gasteiger partial charge in [0.05, 0.1) is 10.4 Å². The summed E-state index contributed by atoms with van der Waals surface area (Å²) in [6.07, 6.45) is 2.31. The Bertz CT molecular complexity index is 707. The third-order valence-electron chi connectivity index (χ3n) is 3.91. The molecule has 1 unspecified atom stereocenters. The van der Waals surface area contributed by atoms with Gasteiger partial charge in [-0.2, -0.15) is 0 Å². The molecule has 2 N–H and O–H groups in total. The molecular formula is C14H15BrN4O2. The van der Waals surface area contributed by atoms with Crippen LogP contribution in [0.25, 0.3) is 10.9 Å². The second-order valence-corrected chi connectivity index (χ2v) is 6.16. The van der Waals surface area contributed by atoms with E-state index in [1.165, 1.54) is 6.20 Å². The van der Waals surface area contributed by atoms with E-state index in [4.69, 9.17) is 5.73 Å². The quantitative estimate of drug-likeness (QED) is 0.679. The Morgan fingerprint density at radius 2 is 2.33 bits per heavy atom. The highest BCUT2D eigenvalue weighted by Crippen LogP contribution is 2.38. The number of hydrogen-bond acceptors (Lipinski definition) is 5. The fourth-order valence-corrected chi connectivity index (χ4v) is 3.20. The highest BCUT2D eigenvalue weighted by molar-refractivity contribution is 9.10. The molecule has 1 aliphatic heterocycles. The highest BCUT2D eigenvalue weighted by atomic mass is 79.9. The molecule has 6 nitrogen and oxygen atoms in total. The van der Waals surface area contributed by atoms with Gasteiger partial charge in [0.15, 0.2) is 0 Å². The molecule has 0 spiro atoms. The van der Waals surface area contributed by atoms with Crippen LogP contribution in [0.1, 0.15) is 6.42 Å². The lowest BCUT2D eigenvalue weighted by molar-refractivity contribution is -0.384. The number of anilines is 1. The van der Waals surface area contributed by atoms with Gasteiger partial charge in [0, 0.05) is 22.9 Å². The Balaban J connectivity index is 2.19. The van der Waals surface area contributed by atoms with Crippen molar-refractivity contribution in [1.29, 1.82) is 0 Å². The van der Waals surface area contributed by atoms with Crippen molar-refractivity contribution in [3.05, 3.63) is 39.0 Å². The SMILES string of the molecule is NCC1CCN(c2c([N+](=O)[O-])cnc3ccc(Br)cc23)C1. The monoisotopic (exact) mass is 350 g/mol. The van der Waals surface area contributed by atoms with E-state index < -0.39 is 0 Å². The molecule has 3 rings (SSSR count). The van der Waals surface area contributed by atoms with Gasteiger partial charge in [-0.3, -0.25) is 10.1 Å². The highest BCUT2D eigenvalue weighted by Gasteiger charge is 2.29. The Kier molecular flexibility index (Phi) is 3.77. The van der Waals surface area contributed by atoms with Crippen LogP contribution in [0, 0.1) is 16.0 Å². The molecule has 1 saturated heterocycles. The van der Waals surface area contributed by atoms with Crippen LogP contribution in [0.5, 0.6) is 0 Å². The van der Waals surface area contributed by atoms with Crippen LogP contribution in [0.2, 0.25) is 0 Å². The van der Waals surface area contributed by atoms with Gasteiger partial charge in [-0.1, -0.05) is 15.9 Å². The van der Waals surface area contributed by atoms with Gasteiger partial charge >= 0.3 is 5.69 Å².